The number of hydrogen-bond donors (Lipinski definition) is 1. The van der Waals surface area contributed by atoms with Gasteiger partial charge in [0.2, 0.25) is 6.41 Å². The standard InChI is InChI=1S/C14H28N2O/c1-12(2,3)16(10-17)11-8-13(4,5)15-14(6,7)9-11/h10-11,15H,8-9H2,1-7H3. The van der Waals surface area contributed by atoms with Gasteiger partial charge in [-0.15, -0.1) is 0 Å². The summed E-state index contributed by atoms with van der Waals surface area (Å²) in [7, 11) is 0. The Labute approximate surface area is 106 Å². The van der Waals surface area contributed by atoms with E-state index in [0.717, 1.165) is 19.3 Å². The number of piperidine rings is 1. The lowest BCUT2D eigenvalue weighted by atomic mass is 9.78. The lowest BCUT2D eigenvalue weighted by molar-refractivity contribution is -0.127. The number of hydrogen-bond acceptors (Lipinski definition) is 2. The highest BCUT2D eigenvalue weighted by Crippen LogP contribution is 2.33. The molecule has 0 aromatic heterocycles. The van der Waals surface area contributed by atoms with Crippen LogP contribution >= 0.6 is 0 Å². The van der Waals surface area contributed by atoms with E-state index < -0.39 is 0 Å². The average molecular weight is 240 g/mol. The fourth-order valence-electron chi connectivity index (χ4n) is 3.26. The van der Waals surface area contributed by atoms with Gasteiger partial charge < -0.3 is 10.2 Å². The van der Waals surface area contributed by atoms with Gasteiger partial charge in [-0.3, -0.25) is 4.79 Å². The number of carbonyl (C=O) groups excluding carboxylic acids is 1. The zero-order valence-corrected chi connectivity index (χ0v) is 12.4. The molecule has 1 aliphatic rings. The number of nitrogens with zero attached hydrogens (tertiary/aromatic N) is 1. The number of carbonyl (C=O) groups is 1. The van der Waals surface area contributed by atoms with Gasteiger partial charge in [-0.25, -0.2) is 0 Å². The molecule has 1 aliphatic heterocycles. The van der Waals surface area contributed by atoms with Crippen LogP contribution in [0.1, 0.15) is 61.3 Å². The number of amides is 1. The first-order chi connectivity index (χ1) is 7.47. The molecule has 100 valence electrons. The molecule has 3 nitrogen and oxygen atoms in total. The maximum atomic E-state index is 11.4. The van der Waals surface area contributed by atoms with Crippen LogP contribution in [-0.4, -0.2) is 34.0 Å². The molecule has 17 heavy (non-hydrogen) atoms. The monoisotopic (exact) mass is 240 g/mol. The second-order valence-electron chi connectivity index (χ2n) is 7.64. The summed E-state index contributed by atoms with van der Waals surface area (Å²) >= 11 is 0. The summed E-state index contributed by atoms with van der Waals surface area (Å²) in [6.07, 6.45) is 3.03. The second kappa shape index (κ2) is 4.27. The maximum absolute atomic E-state index is 11.4. The molecule has 0 spiro atoms. The van der Waals surface area contributed by atoms with Gasteiger partial charge in [0.15, 0.2) is 0 Å². The molecule has 1 saturated heterocycles. The average Bonchev–Trinajstić information content (AvgIpc) is 1.94. The Kier molecular flexibility index (Phi) is 3.64. The van der Waals surface area contributed by atoms with E-state index in [1.165, 1.54) is 0 Å². The van der Waals surface area contributed by atoms with Gasteiger partial charge in [0, 0.05) is 22.7 Å². The highest BCUT2D eigenvalue weighted by Gasteiger charge is 2.41. The highest BCUT2D eigenvalue weighted by atomic mass is 16.1. The van der Waals surface area contributed by atoms with Crippen LogP contribution in [0.2, 0.25) is 0 Å². The van der Waals surface area contributed by atoms with Crippen molar-refractivity contribution in [3.05, 3.63) is 0 Å². The van der Waals surface area contributed by atoms with Gasteiger partial charge in [0.25, 0.3) is 0 Å². The third-order valence-electron chi connectivity index (χ3n) is 3.45. The van der Waals surface area contributed by atoms with Crippen LogP contribution in [0.4, 0.5) is 0 Å². The molecule has 0 aliphatic carbocycles. The smallest absolute Gasteiger partial charge is 0.210 e. The van der Waals surface area contributed by atoms with Crippen molar-refractivity contribution in [2.75, 3.05) is 0 Å². The Balaban J connectivity index is 2.93. The molecule has 3 heteroatoms. The Morgan fingerprint density at radius 2 is 1.53 bits per heavy atom. The summed E-state index contributed by atoms with van der Waals surface area (Å²) in [5.41, 5.74) is 0.0633. The molecule has 1 amide bonds. The minimum Gasteiger partial charge on any atom is -0.337 e. The minimum absolute atomic E-state index is 0.0823. The summed E-state index contributed by atoms with van der Waals surface area (Å²) in [5, 5.41) is 3.65. The summed E-state index contributed by atoms with van der Waals surface area (Å²) in [5.74, 6) is 0. The molecular weight excluding hydrogens is 212 g/mol. The molecular formula is C14H28N2O. The van der Waals surface area contributed by atoms with E-state index in [9.17, 15) is 4.79 Å². The summed E-state index contributed by atoms with van der Waals surface area (Å²) < 4.78 is 0. The Morgan fingerprint density at radius 1 is 1.12 bits per heavy atom. The SMILES string of the molecule is CC1(C)CC(N(C=O)C(C)(C)C)CC(C)(C)N1. The van der Waals surface area contributed by atoms with E-state index >= 15 is 0 Å². The molecule has 0 aromatic carbocycles. The predicted octanol–water partition coefficient (Wildman–Crippen LogP) is 2.55. The Morgan fingerprint density at radius 3 is 1.82 bits per heavy atom. The van der Waals surface area contributed by atoms with Gasteiger partial charge in [-0.1, -0.05) is 0 Å². The van der Waals surface area contributed by atoms with Crippen LogP contribution in [-0.2, 0) is 4.79 Å². The lowest BCUT2D eigenvalue weighted by Crippen LogP contribution is -2.64. The van der Waals surface area contributed by atoms with Crippen molar-refractivity contribution >= 4 is 6.41 Å². The maximum Gasteiger partial charge on any atom is 0.210 e. The van der Waals surface area contributed by atoms with E-state index in [4.69, 9.17) is 0 Å². The van der Waals surface area contributed by atoms with Crippen LogP contribution in [0.3, 0.4) is 0 Å². The largest absolute Gasteiger partial charge is 0.337 e. The normalized spacial score (nSPS) is 24.4. The third-order valence-corrected chi connectivity index (χ3v) is 3.45. The van der Waals surface area contributed by atoms with Crippen LogP contribution in [0, 0.1) is 0 Å². The number of nitrogens with one attached hydrogen (secondary N) is 1. The Hall–Kier alpha value is -0.570. The summed E-state index contributed by atoms with van der Waals surface area (Å²) in [4.78, 5) is 13.4. The lowest BCUT2D eigenvalue weighted by Gasteiger charge is -2.51. The Bertz CT molecular complexity index is 273. The highest BCUT2D eigenvalue weighted by molar-refractivity contribution is 5.49. The van der Waals surface area contributed by atoms with Crippen LogP contribution in [0.25, 0.3) is 0 Å². The molecule has 0 bridgehead atoms. The minimum atomic E-state index is -0.101. The second-order valence-corrected chi connectivity index (χ2v) is 7.64. The summed E-state index contributed by atoms with van der Waals surface area (Å²) in [6.45, 7) is 15.2. The van der Waals surface area contributed by atoms with Crippen LogP contribution in [0.5, 0.6) is 0 Å². The van der Waals surface area contributed by atoms with Gasteiger partial charge in [-0.05, 0) is 61.3 Å². The van der Waals surface area contributed by atoms with E-state index in [2.05, 4.69) is 53.8 Å². The van der Waals surface area contributed by atoms with Gasteiger partial charge in [-0.2, -0.15) is 0 Å². The quantitative estimate of drug-likeness (QED) is 0.752. The predicted molar refractivity (Wildman–Crippen MR) is 72.0 cm³/mol. The van der Waals surface area contributed by atoms with Crippen LogP contribution < -0.4 is 5.32 Å². The van der Waals surface area contributed by atoms with Crippen molar-refractivity contribution in [1.82, 2.24) is 10.2 Å². The molecule has 0 aromatic rings. The van der Waals surface area contributed by atoms with E-state index in [1.54, 1.807) is 0 Å². The van der Waals surface area contributed by atoms with Crippen molar-refractivity contribution < 1.29 is 4.79 Å². The molecule has 1 rings (SSSR count). The van der Waals surface area contributed by atoms with Gasteiger partial charge in [0.1, 0.15) is 0 Å². The first-order valence-electron chi connectivity index (χ1n) is 6.50. The van der Waals surface area contributed by atoms with E-state index in [1.807, 2.05) is 4.90 Å². The van der Waals surface area contributed by atoms with Crippen molar-refractivity contribution in [3.8, 4) is 0 Å². The molecule has 0 unspecified atom stereocenters. The van der Waals surface area contributed by atoms with E-state index in [0.29, 0.717) is 6.04 Å². The first kappa shape index (κ1) is 14.5. The van der Waals surface area contributed by atoms with Crippen molar-refractivity contribution in [1.29, 1.82) is 0 Å². The summed E-state index contributed by atoms with van der Waals surface area (Å²) in [6, 6.07) is 0.318. The molecule has 1 fully saturated rings. The molecule has 0 atom stereocenters. The van der Waals surface area contributed by atoms with Crippen molar-refractivity contribution in [2.24, 2.45) is 0 Å². The fraction of sp³-hybridized carbons (Fsp3) is 0.929. The third kappa shape index (κ3) is 3.70. The fourth-order valence-corrected chi connectivity index (χ4v) is 3.26. The first-order valence-corrected chi connectivity index (χ1v) is 6.50. The van der Waals surface area contributed by atoms with Gasteiger partial charge in [0.05, 0.1) is 0 Å². The van der Waals surface area contributed by atoms with E-state index in [-0.39, 0.29) is 16.6 Å². The van der Waals surface area contributed by atoms with Crippen molar-refractivity contribution in [2.45, 2.75) is 84.0 Å². The van der Waals surface area contributed by atoms with Crippen molar-refractivity contribution in [3.63, 3.8) is 0 Å². The molecule has 1 heterocycles. The number of rotatable bonds is 2. The zero-order chi connectivity index (χ0) is 13.5. The van der Waals surface area contributed by atoms with Gasteiger partial charge >= 0.3 is 0 Å². The topological polar surface area (TPSA) is 32.3 Å². The zero-order valence-electron chi connectivity index (χ0n) is 12.4. The van der Waals surface area contributed by atoms with Crippen LogP contribution in [0.15, 0.2) is 0 Å². The molecule has 0 saturated carbocycles. The molecule has 0 radical (unpaired) electrons. The molecule has 1 N–H and O–H groups in total.